The number of nitrogens with one attached hydrogen (secondary N) is 1. The van der Waals surface area contributed by atoms with Crippen LogP contribution in [0, 0.1) is 5.41 Å². The van der Waals surface area contributed by atoms with E-state index < -0.39 is 8.07 Å². The van der Waals surface area contributed by atoms with Crippen LogP contribution in [0.2, 0.25) is 35.7 Å². The molecule has 0 spiro atoms. The summed E-state index contributed by atoms with van der Waals surface area (Å²) in [5, 5.41) is 18.0. The fraction of sp³-hybridized carbons (Fsp3) is 0.600. The monoisotopic (exact) mass is 460 g/mol. The van der Waals surface area contributed by atoms with Crippen molar-refractivity contribution in [3.63, 3.8) is 0 Å². The fourth-order valence-electron chi connectivity index (χ4n) is 3.17. The number of hydrogen-bond acceptors (Lipinski definition) is 5. The number of likely N-dealkylation sites (tertiary alicyclic amines) is 1. The quantitative estimate of drug-likeness (QED) is 0.290. The molecule has 0 saturated carbocycles. The van der Waals surface area contributed by atoms with Crippen molar-refractivity contribution in [2.24, 2.45) is 0 Å². The number of benzene rings is 1. The van der Waals surface area contributed by atoms with Gasteiger partial charge in [0.1, 0.15) is 5.75 Å². The van der Waals surface area contributed by atoms with E-state index in [2.05, 4.69) is 19.6 Å². The van der Waals surface area contributed by atoms with Gasteiger partial charge in [0, 0.05) is 45.5 Å². The third kappa shape index (κ3) is 7.26. The van der Waals surface area contributed by atoms with Crippen molar-refractivity contribution in [1.29, 1.82) is 5.41 Å². The average molecular weight is 461 g/mol. The Morgan fingerprint density at radius 1 is 1.34 bits per heavy atom. The van der Waals surface area contributed by atoms with E-state index >= 15 is 0 Å². The first-order valence-corrected chi connectivity index (χ1v) is 14.2. The molecule has 1 atom stereocenters. The number of nitrogens with zero attached hydrogens (tertiary/aromatic N) is 1. The van der Waals surface area contributed by atoms with Gasteiger partial charge in [-0.2, -0.15) is 0 Å². The zero-order chi connectivity index (χ0) is 21.6. The molecule has 1 aliphatic rings. The Kier molecular flexibility index (Phi) is 8.97. The second-order valence-electron chi connectivity index (χ2n) is 8.49. The molecule has 1 aromatic carbocycles. The summed E-state index contributed by atoms with van der Waals surface area (Å²) in [5.74, 6) is 0.762. The summed E-state index contributed by atoms with van der Waals surface area (Å²) in [7, 11) is -1.16. The number of halogens is 2. The minimum absolute atomic E-state index is 0.0927. The van der Waals surface area contributed by atoms with Crippen molar-refractivity contribution >= 4 is 42.9 Å². The van der Waals surface area contributed by atoms with E-state index in [9.17, 15) is 4.79 Å². The number of amidine groups is 1. The van der Waals surface area contributed by atoms with Gasteiger partial charge in [0.05, 0.1) is 29.0 Å². The number of aliphatic hydroxyl groups excluding tert-OH is 1. The highest BCUT2D eigenvalue weighted by Gasteiger charge is 2.33. The smallest absolute Gasteiger partial charge is 0.189 e. The zero-order valence-corrected chi connectivity index (χ0v) is 19.8. The van der Waals surface area contributed by atoms with Crippen molar-refractivity contribution in [3.8, 4) is 5.75 Å². The number of ether oxygens (including phenoxy) is 2. The minimum Gasteiger partial charge on any atom is -0.467 e. The Hall–Kier alpha value is -1.12. The van der Waals surface area contributed by atoms with Gasteiger partial charge in [-0.3, -0.25) is 10.2 Å². The Balaban J connectivity index is 2.06. The summed E-state index contributed by atoms with van der Waals surface area (Å²) < 4.78 is 11.5. The van der Waals surface area contributed by atoms with E-state index in [1.54, 1.807) is 17.0 Å². The third-order valence-corrected chi connectivity index (χ3v) is 7.34. The molecule has 9 heteroatoms. The molecule has 1 saturated heterocycles. The summed E-state index contributed by atoms with van der Waals surface area (Å²) in [6.07, 6.45) is 0.537. The molecule has 2 N–H and O–H groups in total. The van der Waals surface area contributed by atoms with E-state index in [0.717, 1.165) is 11.6 Å². The molecule has 1 aromatic rings. The lowest BCUT2D eigenvalue weighted by atomic mass is 9.97. The van der Waals surface area contributed by atoms with Crippen LogP contribution in [0.15, 0.2) is 12.1 Å². The maximum atomic E-state index is 11.9. The molecular weight excluding hydrogens is 431 g/mol. The highest BCUT2D eigenvalue weighted by Crippen LogP contribution is 2.42. The molecule has 29 heavy (non-hydrogen) atoms. The molecule has 1 aliphatic heterocycles. The lowest BCUT2D eigenvalue weighted by molar-refractivity contribution is -0.120. The van der Waals surface area contributed by atoms with Crippen molar-refractivity contribution in [2.75, 3.05) is 33.1 Å². The number of carbonyl (C=O) groups is 1. The normalized spacial score (nSPS) is 17.1. The van der Waals surface area contributed by atoms with Crippen LogP contribution in [0.5, 0.6) is 5.75 Å². The first kappa shape index (κ1) is 24.1. The number of rotatable bonds is 11. The van der Waals surface area contributed by atoms with E-state index in [4.69, 9.17) is 43.2 Å². The summed E-state index contributed by atoms with van der Waals surface area (Å²) in [6, 6.07) is 4.52. The van der Waals surface area contributed by atoms with Crippen molar-refractivity contribution in [1.82, 2.24) is 4.90 Å². The average Bonchev–Trinajstić information content (AvgIpc) is 2.97. The van der Waals surface area contributed by atoms with Gasteiger partial charge in [0.15, 0.2) is 12.6 Å². The van der Waals surface area contributed by atoms with Crippen molar-refractivity contribution < 1.29 is 19.4 Å². The van der Waals surface area contributed by atoms with Crippen LogP contribution < -0.4 is 4.74 Å². The van der Waals surface area contributed by atoms with E-state index in [1.165, 1.54) is 0 Å². The molecule has 6 nitrogen and oxygen atoms in total. The molecular formula is C20H30Cl2N2O4Si. The van der Waals surface area contributed by atoms with Crippen LogP contribution in [0.25, 0.3) is 0 Å². The fourth-order valence-corrected chi connectivity index (χ4v) is 4.40. The van der Waals surface area contributed by atoms with Gasteiger partial charge in [0.2, 0.25) is 0 Å². The Morgan fingerprint density at radius 2 is 2.07 bits per heavy atom. The largest absolute Gasteiger partial charge is 0.467 e. The van der Waals surface area contributed by atoms with Crippen LogP contribution >= 0.6 is 23.2 Å². The Bertz CT molecular complexity index is 740. The van der Waals surface area contributed by atoms with Crippen molar-refractivity contribution in [3.05, 3.63) is 27.7 Å². The molecule has 0 aliphatic carbocycles. The molecule has 1 heterocycles. The van der Waals surface area contributed by atoms with Crippen LogP contribution in [-0.4, -0.2) is 62.8 Å². The number of ketones is 1. The Labute approximate surface area is 183 Å². The van der Waals surface area contributed by atoms with E-state index in [0.29, 0.717) is 41.2 Å². The summed E-state index contributed by atoms with van der Waals surface area (Å²) in [6.45, 7) is 8.06. The van der Waals surface area contributed by atoms with Crippen LogP contribution in [-0.2, 0) is 9.53 Å². The first-order chi connectivity index (χ1) is 13.6. The lowest BCUT2D eigenvalue weighted by Gasteiger charge is -2.20. The standard InChI is InChI=1S/C20H30Cl2N2O4Si/c1-29(2,3)9-8-27-13-28-17-5-4-16(21)20(22)19(17)14-10-18(23)24(11-14)12-15(26)6-7-25/h4-5,14,23,25H,6-13H2,1-3H3. The molecule has 2 rings (SSSR count). The summed E-state index contributed by atoms with van der Waals surface area (Å²) in [5.41, 5.74) is 0.745. The highest BCUT2D eigenvalue weighted by molar-refractivity contribution is 6.76. The number of aliphatic hydroxyl groups is 1. The van der Waals surface area contributed by atoms with Gasteiger partial charge in [-0.25, -0.2) is 0 Å². The molecule has 1 unspecified atom stereocenters. The van der Waals surface area contributed by atoms with Crippen LogP contribution in [0.3, 0.4) is 0 Å². The SMILES string of the molecule is C[Si](C)(C)CCOCOc1ccc(Cl)c(Cl)c1C1CC(=N)N(CC(=O)CCO)C1. The molecule has 1 fully saturated rings. The number of Topliss-reactive ketones (excluding diaryl/α,β-unsaturated/α-hetero) is 1. The van der Waals surface area contributed by atoms with Crippen LogP contribution in [0.1, 0.15) is 24.3 Å². The topological polar surface area (TPSA) is 82.9 Å². The maximum absolute atomic E-state index is 11.9. The summed E-state index contributed by atoms with van der Waals surface area (Å²) >= 11 is 12.7. The first-order valence-electron chi connectivity index (χ1n) is 9.75. The minimum atomic E-state index is -1.16. The second kappa shape index (κ2) is 10.8. The van der Waals surface area contributed by atoms with Gasteiger partial charge in [0.25, 0.3) is 0 Å². The van der Waals surface area contributed by atoms with Gasteiger partial charge in [-0.1, -0.05) is 42.8 Å². The van der Waals surface area contributed by atoms with E-state index in [1.807, 2.05) is 0 Å². The summed E-state index contributed by atoms with van der Waals surface area (Å²) in [4.78, 5) is 13.6. The predicted molar refractivity (Wildman–Crippen MR) is 119 cm³/mol. The van der Waals surface area contributed by atoms with E-state index in [-0.39, 0.29) is 38.1 Å². The second-order valence-corrected chi connectivity index (χ2v) is 14.9. The number of hydrogen-bond donors (Lipinski definition) is 2. The number of carbonyl (C=O) groups excluding carboxylic acids is 1. The molecule has 162 valence electrons. The molecule has 0 radical (unpaired) electrons. The highest BCUT2D eigenvalue weighted by atomic mass is 35.5. The molecule has 0 amide bonds. The van der Waals surface area contributed by atoms with Gasteiger partial charge in [-0.15, -0.1) is 0 Å². The predicted octanol–water partition coefficient (Wildman–Crippen LogP) is 4.40. The Morgan fingerprint density at radius 3 is 2.72 bits per heavy atom. The molecule has 0 bridgehead atoms. The van der Waals surface area contributed by atoms with Gasteiger partial charge in [-0.05, 0) is 18.2 Å². The molecule has 0 aromatic heterocycles. The third-order valence-electron chi connectivity index (χ3n) is 4.82. The lowest BCUT2D eigenvalue weighted by Crippen LogP contribution is -2.31. The van der Waals surface area contributed by atoms with Crippen molar-refractivity contribution in [2.45, 2.75) is 44.4 Å². The zero-order valence-electron chi connectivity index (χ0n) is 17.3. The van der Waals surface area contributed by atoms with Gasteiger partial charge < -0.3 is 19.5 Å². The van der Waals surface area contributed by atoms with Crippen LogP contribution in [0.4, 0.5) is 0 Å². The maximum Gasteiger partial charge on any atom is 0.189 e. The van der Waals surface area contributed by atoms with Gasteiger partial charge >= 0.3 is 0 Å².